The Kier molecular flexibility index (Phi) is 3.24. The Morgan fingerprint density at radius 1 is 1.32 bits per heavy atom. The zero-order chi connectivity index (χ0) is 13.4. The van der Waals surface area contributed by atoms with Crippen LogP contribution in [0.15, 0.2) is 6.33 Å². The van der Waals surface area contributed by atoms with Crippen LogP contribution in [0.5, 0.6) is 0 Å². The smallest absolute Gasteiger partial charge is 0.181 e. The molecule has 0 aliphatic carbocycles. The summed E-state index contributed by atoms with van der Waals surface area (Å²) in [7, 11) is 1.96. The average molecular weight is 278 g/mol. The summed E-state index contributed by atoms with van der Waals surface area (Å²) >= 11 is 5.48. The number of fused-ring (bicyclic) bond motifs is 1. The molecule has 1 aliphatic heterocycles. The molecule has 3 rings (SSSR count). The zero-order valence-corrected chi connectivity index (χ0v) is 12.1. The van der Waals surface area contributed by atoms with E-state index in [1.165, 1.54) is 0 Å². The van der Waals surface area contributed by atoms with E-state index in [9.17, 15) is 0 Å². The minimum absolute atomic E-state index is 0.800. The van der Waals surface area contributed by atoms with Crippen molar-refractivity contribution >= 4 is 29.2 Å². The van der Waals surface area contributed by atoms with Crippen molar-refractivity contribution in [2.75, 3.05) is 31.1 Å². The second-order valence-corrected chi connectivity index (χ2v) is 5.06. The highest BCUT2D eigenvalue weighted by Gasteiger charge is 2.19. The molecule has 1 saturated heterocycles. The van der Waals surface area contributed by atoms with Gasteiger partial charge in [0.05, 0.1) is 0 Å². The van der Waals surface area contributed by atoms with Crippen molar-refractivity contribution in [1.82, 2.24) is 24.4 Å². The molecule has 0 saturated carbocycles. The maximum Gasteiger partial charge on any atom is 0.181 e. The fourth-order valence-electron chi connectivity index (χ4n) is 2.62. The quantitative estimate of drug-likeness (QED) is 0.828. The van der Waals surface area contributed by atoms with Crippen LogP contribution in [0.25, 0.3) is 11.2 Å². The van der Waals surface area contributed by atoms with Gasteiger partial charge in [-0.1, -0.05) is 0 Å². The first-order valence-electron chi connectivity index (χ1n) is 6.60. The van der Waals surface area contributed by atoms with Gasteiger partial charge >= 0.3 is 0 Å². The highest BCUT2D eigenvalue weighted by molar-refractivity contribution is 7.71. The average Bonchev–Trinajstić information content (AvgIpc) is 2.72. The lowest BCUT2D eigenvalue weighted by atomic mass is 10.3. The molecule has 1 N–H and O–H groups in total. The fraction of sp³-hybridized carbons (Fsp3) is 0.583. The second-order valence-electron chi connectivity index (χ2n) is 4.69. The molecule has 2 aromatic rings. The van der Waals surface area contributed by atoms with Crippen molar-refractivity contribution in [1.29, 1.82) is 0 Å². The van der Waals surface area contributed by atoms with Crippen LogP contribution in [-0.2, 0) is 13.6 Å². The van der Waals surface area contributed by atoms with Gasteiger partial charge in [0.2, 0.25) is 0 Å². The fourth-order valence-corrected chi connectivity index (χ4v) is 2.92. The summed E-state index contributed by atoms with van der Waals surface area (Å²) in [6.07, 6.45) is 1.63. The van der Waals surface area contributed by atoms with Gasteiger partial charge in [0.25, 0.3) is 0 Å². The zero-order valence-electron chi connectivity index (χ0n) is 11.3. The number of nitrogens with one attached hydrogen (secondary N) is 1. The number of rotatable bonds is 2. The topological polar surface area (TPSA) is 50.9 Å². The van der Waals surface area contributed by atoms with Crippen molar-refractivity contribution < 1.29 is 0 Å². The summed E-state index contributed by atoms with van der Waals surface area (Å²) in [5.74, 6) is 1.00. The third-order valence-corrected chi connectivity index (χ3v) is 4.12. The maximum atomic E-state index is 5.48. The van der Waals surface area contributed by atoms with Gasteiger partial charge in [-0.2, -0.15) is 0 Å². The number of aromatic nitrogens is 4. The molecular weight excluding hydrogens is 260 g/mol. The number of nitrogens with zero attached hydrogens (tertiary/aromatic N) is 5. The molecule has 6 nitrogen and oxygen atoms in total. The van der Waals surface area contributed by atoms with Gasteiger partial charge in [-0.3, -0.25) is 0 Å². The lowest BCUT2D eigenvalue weighted by molar-refractivity contribution is 0.585. The van der Waals surface area contributed by atoms with Crippen LogP contribution in [0.1, 0.15) is 6.92 Å². The first kappa shape index (κ1) is 12.6. The minimum atomic E-state index is 0.800. The molecule has 0 radical (unpaired) electrons. The summed E-state index contributed by atoms with van der Waals surface area (Å²) in [4.78, 5) is 11.2. The SMILES string of the molecule is CCn1c(=S)n(C)c2ncnc(N3CCNCC3)c21. The molecule has 2 aromatic heterocycles. The number of aryl methyl sites for hydroxylation is 2. The van der Waals surface area contributed by atoms with Gasteiger partial charge in [-0.25, -0.2) is 9.97 Å². The van der Waals surface area contributed by atoms with Gasteiger partial charge in [0.1, 0.15) is 11.8 Å². The summed E-state index contributed by atoms with van der Waals surface area (Å²) < 4.78 is 4.87. The first-order valence-corrected chi connectivity index (χ1v) is 7.00. The lowest BCUT2D eigenvalue weighted by Crippen LogP contribution is -2.44. The molecule has 19 heavy (non-hydrogen) atoms. The van der Waals surface area contributed by atoms with Crippen molar-refractivity contribution in [2.24, 2.45) is 7.05 Å². The Hall–Kier alpha value is -1.47. The molecule has 0 atom stereocenters. The second kappa shape index (κ2) is 4.90. The summed E-state index contributed by atoms with van der Waals surface area (Å²) in [5.41, 5.74) is 1.97. The molecule has 0 bridgehead atoms. The molecule has 102 valence electrons. The Morgan fingerprint density at radius 2 is 2.05 bits per heavy atom. The molecule has 7 heteroatoms. The van der Waals surface area contributed by atoms with E-state index < -0.39 is 0 Å². The van der Waals surface area contributed by atoms with Crippen LogP contribution in [0.2, 0.25) is 0 Å². The van der Waals surface area contributed by atoms with Crippen LogP contribution < -0.4 is 10.2 Å². The normalized spacial score (nSPS) is 16.2. The number of piperazine rings is 1. The third-order valence-electron chi connectivity index (χ3n) is 3.62. The maximum absolute atomic E-state index is 5.48. The first-order chi connectivity index (χ1) is 9.24. The summed E-state index contributed by atoms with van der Waals surface area (Å²) in [6.45, 7) is 6.86. The number of hydrogen-bond acceptors (Lipinski definition) is 5. The van der Waals surface area contributed by atoms with Crippen molar-refractivity contribution in [3.8, 4) is 0 Å². The van der Waals surface area contributed by atoms with E-state index in [2.05, 4.69) is 31.7 Å². The number of anilines is 1. The molecule has 3 heterocycles. The van der Waals surface area contributed by atoms with E-state index >= 15 is 0 Å². The van der Waals surface area contributed by atoms with Crippen LogP contribution in [0, 0.1) is 4.77 Å². The molecule has 0 amide bonds. The Morgan fingerprint density at radius 3 is 2.74 bits per heavy atom. The molecule has 0 unspecified atom stereocenters. The van der Waals surface area contributed by atoms with E-state index in [1.807, 2.05) is 11.6 Å². The molecule has 0 spiro atoms. The predicted molar refractivity (Wildman–Crippen MR) is 78.1 cm³/mol. The standard InChI is InChI=1S/C12H18N6S/c1-3-18-9-10(16(2)12(18)19)14-8-15-11(9)17-6-4-13-5-7-17/h8,13H,3-7H2,1-2H3. The van der Waals surface area contributed by atoms with Gasteiger partial charge < -0.3 is 19.4 Å². The van der Waals surface area contributed by atoms with Crippen molar-refractivity contribution in [2.45, 2.75) is 13.5 Å². The highest BCUT2D eigenvalue weighted by atomic mass is 32.1. The Labute approximate surface area is 117 Å². The molecule has 0 aromatic carbocycles. The predicted octanol–water partition coefficient (Wildman–Crippen LogP) is 0.929. The van der Waals surface area contributed by atoms with Gasteiger partial charge in [0.15, 0.2) is 16.2 Å². The van der Waals surface area contributed by atoms with E-state index in [0.717, 1.165) is 54.5 Å². The third kappa shape index (κ3) is 1.93. The number of hydrogen-bond donors (Lipinski definition) is 1. The van der Waals surface area contributed by atoms with Crippen LogP contribution in [0.3, 0.4) is 0 Å². The Bertz CT molecular complexity index is 652. The summed E-state index contributed by atoms with van der Waals surface area (Å²) in [5, 5.41) is 3.36. The van der Waals surface area contributed by atoms with E-state index in [0.29, 0.717) is 0 Å². The number of imidazole rings is 1. The molecule has 1 fully saturated rings. The van der Waals surface area contributed by atoms with Crippen LogP contribution in [0.4, 0.5) is 5.82 Å². The summed E-state index contributed by atoms with van der Waals surface area (Å²) in [6, 6.07) is 0. The van der Waals surface area contributed by atoms with E-state index in [1.54, 1.807) is 6.33 Å². The van der Waals surface area contributed by atoms with Crippen molar-refractivity contribution in [3.05, 3.63) is 11.1 Å². The molecule has 1 aliphatic rings. The van der Waals surface area contributed by atoms with Crippen molar-refractivity contribution in [3.63, 3.8) is 0 Å². The van der Waals surface area contributed by atoms with E-state index in [-0.39, 0.29) is 0 Å². The largest absolute Gasteiger partial charge is 0.352 e. The van der Waals surface area contributed by atoms with Crippen LogP contribution >= 0.6 is 12.2 Å². The molecular formula is C12H18N6S. The Balaban J connectivity index is 2.24. The van der Waals surface area contributed by atoms with Gasteiger partial charge in [-0.05, 0) is 19.1 Å². The highest BCUT2D eigenvalue weighted by Crippen LogP contribution is 2.24. The van der Waals surface area contributed by atoms with Gasteiger partial charge in [0, 0.05) is 39.8 Å². The van der Waals surface area contributed by atoms with E-state index in [4.69, 9.17) is 12.2 Å². The van der Waals surface area contributed by atoms with Crippen LogP contribution in [-0.4, -0.2) is 45.3 Å². The minimum Gasteiger partial charge on any atom is -0.352 e. The monoisotopic (exact) mass is 278 g/mol. The van der Waals surface area contributed by atoms with Gasteiger partial charge in [-0.15, -0.1) is 0 Å². The lowest BCUT2D eigenvalue weighted by Gasteiger charge is -2.28.